The molecule has 0 saturated heterocycles. The fraction of sp³-hybridized carbons (Fsp3) is 0.273. The summed E-state index contributed by atoms with van der Waals surface area (Å²) < 4.78 is 0. The summed E-state index contributed by atoms with van der Waals surface area (Å²) in [7, 11) is 0. The first-order valence-electron chi connectivity index (χ1n) is 4.44. The predicted octanol–water partition coefficient (Wildman–Crippen LogP) is 3.26. The summed E-state index contributed by atoms with van der Waals surface area (Å²) in [4.78, 5) is 0. The molecule has 0 aromatic carbocycles. The fourth-order valence-corrected chi connectivity index (χ4v) is 2.92. The minimum absolute atomic E-state index is 0.688. The van der Waals surface area contributed by atoms with Gasteiger partial charge in [0.1, 0.15) is 0 Å². The Morgan fingerprint density at radius 2 is 1.93 bits per heavy atom. The topological polar surface area (TPSA) is 20.2 Å². The third-order valence-electron chi connectivity index (χ3n) is 2.27. The van der Waals surface area contributed by atoms with E-state index in [1.165, 1.54) is 5.56 Å². The summed E-state index contributed by atoms with van der Waals surface area (Å²) in [5.74, 6) is 0. The van der Waals surface area contributed by atoms with Crippen LogP contribution in [0, 0.1) is 0 Å². The maximum absolute atomic E-state index is 10.3. The van der Waals surface area contributed by atoms with E-state index in [9.17, 15) is 5.11 Å². The summed E-state index contributed by atoms with van der Waals surface area (Å²) in [6, 6.07) is 4.04. The molecular weight excluding hydrogens is 212 g/mol. The van der Waals surface area contributed by atoms with Crippen molar-refractivity contribution >= 4 is 22.7 Å². The highest BCUT2D eigenvalue weighted by Gasteiger charge is 2.23. The third kappa shape index (κ3) is 2.05. The van der Waals surface area contributed by atoms with Crippen LogP contribution in [0.1, 0.15) is 18.1 Å². The first-order chi connectivity index (χ1) is 6.68. The Morgan fingerprint density at radius 3 is 2.50 bits per heavy atom. The van der Waals surface area contributed by atoms with Crippen LogP contribution in [0.5, 0.6) is 0 Å². The Labute approximate surface area is 91.7 Å². The van der Waals surface area contributed by atoms with Crippen LogP contribution in [-0.2, 0) is 12.0 Å². The van der Waals surface area contributed by atoms with Gasteiger partial charge in [-0.2, -0.15) is 22.7 Å². The zero-order chi connectivity index (χ0) is 10.0. The molecule has 0 aliphatic heterocycles. The molecule has 3 heteroatoms. The van der Waals surface area contributed by atoms with E-state index >= 15 is 0 Å². The molecule has 0 radical (unpaired) electrons. The molecule has 0 amide bonds. The van der Waals surface area contributed by atoms with Crippen LogP contribution in [-0.4, -0.2) is 5.11 Å². The molecule has 0 aliphatic rings. The summed E-state index contributed by atoms with van der Waals surface area (Å²) in [5, 5.41) is 18.4. The molecule has 2 heterocycles. The Hall–Kier alpha value is -0.640. The number of hydrogen-bond acceptors (Lipinski definition) is 3. The molecule has 0 bridgehead atoms. The van der Waals surface area contributed by atoms with Gasteiger partial charge in [-0.25, -0.2) is 0 Å². The second kappa shape index (κ2) is 3.85. The lowest BCUT2D eigenvalue weighted by atomic mass is 9.92. The van der Waals surface area contributed by atoms with Gasteiger partial charge in [0, 0.05) is 6.42 Å². The lowest BCUT2D eigenvalue weighted by molar-refractivity contribution is 0.0582. The van der Waals surface area contributed by atoms with Gasteiger partial charge in [0.15, 0.2) is 0 Å². The second-order valence-corrected chi connectivity index (χ2v) is 5.15. The first-order valence-corrected chi connectivity index (χ1v) is 6.33. The average molecular weight is 224 g/mol. The Kier molecular flexibility index (Phi) is 2.72. The molecule has 1 unspecified atom stereocenters. The van der Waals surface area contributed by atoms with Gasteiger partial charge < -0.3 is 5.11 Å². The normalized spacial score (nSPS) is 15.3. The van der Waals surface area contributed by atoms with Crippen molar-refractivity contribution in [1.82, 2.24) is 0 Å². The maximum atomic E-state index is 10.3. The van der Waals surface area contributed by atoms with Gasteiger partial charge in [-0.15, -0.1) is 0 Å². The average Bonchev–Trinajstić information content (AvgIpc) is 2.71. The quantitative estimate of drug-likeness (QED) is 0.848. The molecule has 0 fully saturated rings. The van der Waals surface area contributed by atoms with E-state index in [1.54, 1.807) is 22.7 Å². The number of rotatable bonds is 3. The van der Waals surface area contributed by atoms with Gasteiger partial charge in [-0.05, 0) is 51.7 Å². The van der Waals surface area contributed by atoms with E-state index in [-0.39, 0.29) is 0 Å². The van der Waals surface area contributed by atoms with Crippen molar-refractivity contribution in [2.75, 3.05) is 0 Å². The van der Waals surface area contributed by atoms with Gasteiger partial charge in [-0.3, -0.25) is 0 Å². The van der Waals surface area contributed by atoms with E-state index in [0.29, 0.717) is 6.42 Å². The highest BCUT2D eigenvalue weighted by atomic mass is 32.1. The van der Waals surface area contributed by atoms with Gasteiger partial charge >= 0.3 is 0 Å². The molecular formula is C11H12OS2. The summed E-state index contributed by atoms with van der Waals surface area (Å²) in [6.45, 7) is 1.87. The van der Waals surface area contributed by atoms with Gasteiger partial charge in [0.05, 0.1) is 5.60 Å². The highest BCUT2D eigenvalue weighted by Crippen LogP contribution is 2.27. The molecule has 2 aromatic rings. The molecule has 74 valence electrons. The molecule has 2 rings (SSSR count). The lowest BCUT2D eigenvalue weighted by Gasteiger charge is -2.21. The molecule has 1 nitrogen and oxygen atoms in total. The zero-order valence-corrected chi connectivity index (χ0v) is 9.57. The summed E-state index contributed by atoms with van der Waals surface area (Å²) in [6.07, 6.45) is 0.688. The van der Waals surface area contributed by atoms with Gasteiger partial charge in [-0.1, -0.05) is 0 Å². The summed E-state index contributed by atoms with van der Waals surface area (Å²) >= 11 is 3.29. The third-order valence-corrected chi connectivity index (χ3v) is 3.69. The van der Waals surface area contributed by atoms with Gasteiger partial charge in [0.25, 0.3) is 0 Å². The first kappa shape index (κ1) is 9.90. The van der Waals surface area contributed by atoms with E-state index in [1.807, 2.05) is 29.1 Å². The molecule has 0 aliphatic carbocycles. The number of hydrogen-bond donors (Lipinski definition) is 1. The van der Waals surface area contributed by atoms with Crippen LogP contribution in [0.15, 0.2) is 33.7 Å². The largest absolute Gasteiger partial charge is 0.385 e. The van der Waals surface area contributed by atoms with Crippen LogP contribution in [0.2, 0.25) is 0 Å². The standard InChI is InChI=1S/C11H12OS2/c1-11(12,10-3-5-14-8-10)6-9-2-4-13-7-9/h2-5,7-8,12H,6H2,1H3. The van der Waals surface area contributed by atoms with Crippen molar-refractivity contribution < 1.29 is 5.11 Å². The fourth-order valence-electron chi connectivity index (χ4n) is 1.46. The van der Waals surface area contributed by atoms with Crippen LogP contribution in [0.25, 0.3) is 0 Å². The minimum atomic E-state index is -0.735. The molecule has 0 spiro atoms. The maximum Gasteiger partial charge on any atom is 0.0917 e. The van der Waals surface area contributed by atoms with Crippen molar-refractivity contribution in [3.8, 4) is 0 Å². The Bertz CT molecular complexity index is 373. The van der Waals surface area contributed by atoms with Crippen molar-refractivity contribution in [2.45, 2.75) is 18.9 Å². The molecule has 1 N–H and O–H groups in total. The van der Waals surface area contributed by atoms with Gasteiger partial charge in [0.2, 0.25) is 0 Å². The van der Waals surface area contributed by atoms with Crippen molar-refractivity contribution in [2.24, 2.45) is 0 Å². The van der Waals surface area contributed by atoms with E-state index in [4.69, 9.17) is 0 Å². The molecule has 14 heavy (non-hydrogen) atoms. The van der Waals surface area contributed by atoms with E-state index in [2.05, 4.69) is 11.4 Å². The van der Waals surface area contributed by atoms with Crippen LogP contribution < -0.4 is 0 Å². The van der Waals surface area contributed by atoms with Crippen molar-refractivity contribution in [3.05, 3.63) is 44.8 Å². The Morgan fingerprint density at radius 1 is 1.21 bits per heavy atom. The van der Waals surface area contributed by atoms with Crippen LogP contribution >= 0.6 is 22.7 Å². The SMILES string of the molecule is CC(O)(Cc1ccsc1)c1ccsc1. The van der Waals surface area contributed by atoms with Crippen molar-refractivity contribution in [3.63, 3.8) is 0 Å². The predicted molar refractivity (Wildman–Crippen MR) is 61.9 cm³/mol. The monoisotopic (exact) mass is 224 g/mol. The zero-order valence-electron chi connectivity index (χ0n) is 7.93. The number of aliphatic hydroxyl groups is 1. The van der Waals surface area contributed by atoms with E-state index < -0.39 is 5.60 Å². The lowest BCUT2D eigenvalue weighted by Crippen LogP contribution is -2.23. The minimum Gasteiger partial charge on any atom is -0.385 e. The smallest absolute Gasteiger partial charge is 0.0917 e. The molecule has 0 saturated carbocycles. The Balaban J connectivity index is 2.17. The van der Waals surface area contributed by atoms with Crippen molar-refractivity contribution in [1.29, 1.82) is 0 Å². The second-order valence-electron chi connectivity index (χ2n) is 3.59. The molecule has 1 atom stereocenters. The molecule has 2 aromatic heterocycles. The van der Waals surface area contributed by atoms with Crippen LogP contribution in [0.4, 0.5) is 0 Å². The van der Waals surface area contributed by atoms with Crippen LogP contribution in [0.3, 0.4) is 0 Å². The highest BCUT2D eigenvalue weighted by molar-refractivity contribution is 7.08. The summed E-state index contributed by atoms with van der Waals surface area (Å²) in [5.41, 5.74) is 1.47. The number of thiophene rings is 2. The van der Waals surface area contributed by atoms with E-state index in [0.717, 1.165) is 5.56 Å².